The number of aryl methyl sites for hydroxylation is 1. The first kappa shape index (κ1) is 12.7. The van der Waals surface area contributed by atoms with Crippen molar-refractivity contribution in [2.24, 2.45) is 0 Å². The molecule has 3 rings (SSSR count). The molecule has 0 unspecified atom stereocenters. The maximum Gasteiger partial charge on any atom is 0.337 e. The van der Waals surface area contributed by atoms with E-state index in [1.54, 1.807) is 23.5 Å². The number of carboxylic acids is 1. The van der Waals surface area contributed by atoms with Crippen LogP contribution in [0.2, 0.25) is 0 Å². The average molecular weight is 288 g/mol. The molecule has 20 heavy (non-hydrogen) atoms. The first-order valence-corrected chi connectivity index (χ1v) is 6.88. The number of thiophene rings is 1. The van der Waals surface area contributed by atoms with Gasteiger partial charge in [-0.15, -0.1) is 11.3 Å². The number of rotatable bonds is 3. The Balaban J connectivity index is 2.21. The maximum atomic E-state index is 12.0. The Morgan fingerprint density at radius 2 is 2.15 bits per heavy atom. The number of aromatic carboxylic acids is 1. The van der Waals surface area contributed by atoms with Crippen molar-refractivity contribution in [3.63, 3.8) is 0 Å². The smallest absolute Gasteiger partial charge is 0.337 e. The van der Waals surface area contributed by atoms with Gasteiger partial charge in [-0.05, 0) is 31.2 Å². The number of hydrogen-bond donors (Lipinski definition) is 2. The molecule has 102 valence electrons. The van der Waals surface area contributed by atoms with E-state index in [2.05, 4.69) is 4.98 Å². The summed E-state index contributed by atoms with van der Waals surface area (Å²) < 4.78 is 1.48. The van der Waals surface area contributed by atoms with Crippen LogP contribution in [0.25, 0.3) is 11.0 Å². The summed E-state index contributed by atoms with van der Waals surface area (Å²) in [5, 5.41) is 9.26. The molecule has 2 aromatic heterocycles. The highest BCUT2D eigenvalue weighted by Crippen LogP contribution is 2.20. The van der Waals surface area contributed by atoms with Crippen molar-refractivity contribution in [1.82, 2.24) is 9.55 Å². The lowest BCUT2D eigenvalue weighted by Crippen LogP contribution is -2.17. The summed E-state index contributed by atoms with van der Waals surface area (Å²) in [5.41, 5.74) is 0.827. The van der Waals surface area contributed by atoms with Crippen LogP contribution in [0.15, 0.2) is 35.1 Å². The van der Waals surface area contributed by atoms with Crippen molar-refractivity contribution in [2.45, 2.75) is 13.5 Å². The number of carbonyl (C=O) groups is 1. The third-order valence-electron chi connectivity index (χ3n) is 3.13. The van der Waals surface area contributed by atoms with Crippen molar-refractivity contribution >= 4 is 28.3 Å². The summed E-state index contributed by atoms with van der Waals surface area (Å²) in [7, 11) is 0. The lowest BCUT2D eigenvalue weighted by molar-refractivity contribution is 0.0698. The normalized spacial score (nSPS) is 11.1. The van der Waals surface area contributed by atoms with Crippen LogP contribution in [0, 0.1) is 6.92 Å². The number of carboxylic acid groups (broad SMARTS) is 1. The van der Waals surface area contributed by atoms with Crippen LogP contribution in [0.4, 0.5) is 0 Å². The Morgan fingerprint density at radius 3 is 2.80 bits per heavy atom. The summed E-state index contributed by atoms with van der Waals surface area (Å²) >= 11 is 1.60. The zero-order chi connectivity index (χ0) is 14.3. The largest absolute Gasteiger partial charge is 0.478 e. The topological polar surface area (TPSA) is 75.1 Å². The molecule has 1 aromatic carbocycles. The van der Waals surface area contributed by atoms with Gasteiger partial charge < -0.3 is 10.1 Å². The second-order valence-electron chi connectivity index (χ2n) is 4.54. The van der Waals surface area contributed by atoms with Gasteiger partial charge >= 0.3 is 11.7 Å². The van der Waals surface area contributed by atoms with Crippen LogP contribution in [-0.4, -0.2) is 20.6 Å². The molecule has 0 saturated heterocycles. The summed E-state index contributed by atoms with van der Waals surface area (Å²) in [6.45, 7) is 2.37. The lowest BCUT2D eigenvalue weighted by atomic mass is 10.2. The summed E-state index contributed by atoms with van der Waals surface area (Å²) in [6.07, 6.45) is 0. The Hall–Kier alpha value is -2.34. The van der Waals surface area contributed by atoms with E-state index in [1.807, 2.05) is 19.1 Å². The molecule has 0 saturated carbocycles. The van der Waals surface area contributed by atoms with E-state index < -0.39 is 5.97 Å². The number of hydrogen-bond acceptors (Lipinski definition) is 3. The number of para-hydroxylation sites is 1. The predicted octanol–water partition coefficient (Wildman–Crippen LogP) is 2.45. The molecule has 6 heteroatoms. The highest BCUT2D eigenvalue weighted by Gasteiger charge is 2.15. The van der Waals surface area contributed by atoms with Gasteiger partial charge in [0.2, 0.25) is 0 Å². The van der Waals surface area contributed by atoms with E-state index in [4.69, 9.17) is 0 Å². The Labute approximate surface area is 118 Å². The van der Waals surface area contributed by atoms with Gasteiger partial charge in [0.05, 0.1) is 23.1 Å². The van der Waals surface area contributed by atoms with Crippen molar-refractivity contribution in [3.8, 4) is 0 Å². The number of fused-ring (bicyclic) bond motifs is 1. The van der Waals surface area contributed by atoms with Gasteiger partial charge in [-0.1, -0.05) is 6.07 Å². The minimum Gasteiger partial charge on any atom is -0.478 e. The highest BCUT2D eigenvalue weighted by molar-refractivity contribution is 7.11. The molecule has 0 aliphatic carbocycles. The Morgan fingerprint density at radius 1 is 1.35 bits per heavy atom. The van der Waals surface area contributed by atoms with E-state index in [0.29, 0.717) is 17.6 Å². The average Bonchev–Trinajstić information content (AvgIpc) is 2.94. The SMILES string of the molecule is Cc1ccc(Cn2c(=O)[nH]c3cccc(C(=O)O)c32)s1. The second kappa shape index (κ2) is 4.64. The summed E-state index contributed by atoms with van der Waals surface area (Å²) in [4.78, 5) is 28.2. The van der Waals surface area contributed by atoms with E-state index in [1.165, 1.54) is 10.6 Å². The first-order valence-electron chi connectivity index (χ1n) is 6.06. The first-order chi connectivity index (χ1) is 9.56. The highest BCUT2D eigenvalue weighted by atomic mass is 32.1. The zero-order valence-electron chi connectivity index (χ0n) is 10.7. The van der Waals surface area contributed by atoms with Crippen molar-refractivity contribution < 1.29 is 9.90 Å². The van der Waals surface area contributed by atoms with Gasteiger partial charge in [0.25, 0.3) is 0 Å². The van der Waals surface area contributed by atoms with Gasteiger partial charge in [0, 0.05) is 9.75 Å². The van der Waals surface area contributed by atoms with Gasteiger partial charge in [-0.25, -0.2) is 9.59 Å². The van der Waals surface area contributed by atoms with Crippen molar-refractivity contribution in [2.75, 3.05) is 0 Å². The molecule has 0 bridgehead atoms. The van der Waals surface area contributed by atoms with Gasteiger partial charge in [-0.3, -0.25) is 4.57 Å². The van der Waals surface area contributed by atoms with Crippen LogP contribution in [0.5, 0.6) is 0 Å². The molecule has 0 amide bonds. The molecule has 0 radical (unpaired) electrons. The van der Waals surface area contributed by atoms with Gasteiger partial charge in [-0.2, -0.15) is 0 Å². The van der Waals surface area contributed by atoms with Gasteiger partial charge in [0.15, 0.2) is 0 Å². The minimum atomic E-state index is -1.04. The van der Waals surface area contributed by atoms with E-state index in [9.17, 15) is 14.7 Å². The Kier molecular flexibility index (Phi) is 2.94. The minimum absolute atomic E-state index is 0.133. The van der Waals surface area contributed by atoms with Crippen LogP contribution in [-0.2, 0) is 6.54 Å². The van der Waals surface area contributed by atoms with E-state index >= 15 is 0 Å². The quantitative estimate of drug-likeness (QED) is 0.777. The third-order valence-corrected chi connectivity index (χ3v) is 4.12. The summed E-state index contributed by atoms with van der Waals surface area (Å²) in [5.74, 6) is -1.04. The number of benzene rings is 1. The number of nitrogens with zero attached hydrogens (tertiary/aromatic N) is 1. The fourth-order valence-corrected chi connectivity index (χ4v) is 3.15. The van der Waals surface area contributed by atoms with E-state index in [-0.39, 0.29) is 11.3 Å². The molecule has 0 aliphatic heterocycles. The molecule has 0 fully saturated rings. The molecule has 0 atom stereocenters. The molecular formula is C14H12N2O3S. The second-order valence-corrected chi connectivity index (χ2v) is 5.91. The predicted molar refractivity (Wildman–Crippen MR) is 77.7 cm³/mol. The van der Waals surface area contributed by atoms with Gasteiger partial charge in [0.1, 0.15) is 0 Å². The Bertz CT molecular complexity index is 857. The molecular weight excluding hydrogens is 276 g/mol. The van der Waals surface area contributed by atoms with Crippen LogP contribution in [0.1, 0.15) is 20.1 Å². The molecule has 0 aliphatic rings. The fraction of sp³-hybridized carbons (Fsp3) is 0.143. The molecule has 2 N–H and O–H groups in total. The number of nitrogens with one attached hydrogen (secondary N) is 1. The van der Waals surface area contributed by atoms with E-state index in [0.717, 1.165) is 9.75 Å². The van der Waals surface area contributed by atoms with Crippen molar-refractivity contribution in [1.29, 1.82) is 0 Å². The monoisotopic (exact) mass is 288 g/mol. The fourth-order valence-electron chi connectivity index (χ4n) is 2.27. The number of aromatic amines is 1. The van der Waals surface area contributed by atoms with Crippen LogP contribution < -0.4 is 5.69 Å². The molecule has 3 aromatic rings. The third kappa shape index (κ3) is 2.04. The molecule has 2 heterocycles. The maximum absolute atomic E-state index is 12.0. The molecule has 0 spiro atoms. The van der Waals surface area contributed by atoms with Crippen LogP contribution in [0.3, 0.4) is 0 Å². The standard InChI is InChI=1S/C14H12N2O3S/c1-8-5-6-9(20-8)7-16-12-10(13(17)18)3-2-4-11(12)15-14(16)19/h2-6H,7H2,1H3,(H,15,19)(H,17,18). The van der Waals surface area contributed by atoms with Crippen LogP contribution >= 0.6 is 11.3 Å². The molecule has 5 nitrogen and oxygen atoms in total. The number of H-pyrrole nitrogens is 1. The number of imidazole rings is 1. The summed E-state index contributed by atoms with van der Waals surface area (Å²) in [6, 6.07) is 8.78. The lowest BCUT2D eigenvalue weighted by Gasteiger charge is -2.04. The zero-order valence-corrected chi connectivity index (χ0v) is 11.5. The number of aromatic nitrogens is 2. The van der Waals surface area contributed by atoms with Crippen molar-refractivity contribution in [3.05, 3.63) is 56.1 Å².